The number of likely N-dealkylation sites (N-methyl/N-ethyl adjacent to an activating group) is 1. The highest BCUT2D eigenvalue weighted by Crippen LogP contribution is 2.23. The number of nitrogens with zero attached hydrogens (tertiary/aromatic N) is 3. The Hall–Kier alpha value is -2.35. The average Bonchev–Trinajstić information content (AvgIpc) is 2.75. The number of anilines is 1. The summed E-state index contributed by atoms with van der Waals surface area (Å²) in [5.41, 5.74) is 1.15. The highest BCUT2D eigenvalue weighted by molar-refractivity contribution is 6.42. The van der Waals surface area contributed by atoms with E-state index in [1.54, 1.807) is 43.6 Å². The summed E-state index contributed by atoms with van der Waals surface area (Å²) in [6.07, 6.45) is 1.62. The third-order valence-corrected chi connectivity index (χ3v) is 5.21. The zero-order valence-electron chi connectivity index (χ0n) is 15.9. The number of esters is 1. The Balaban J connectivity index is 1.58. The first-order valence-corrected chi connectivity index (χ1v) is 9.84. The van der Waals surface area contributed by atoms with Gasteiger partial charge in [-0.3, -0.25) is 4.79 Å². The van der Waals surface area contributed by atoms with Crippen LogP contribution in [0.3, 0.4) is 0 Å². The van der Waals surface area contributed by atoms with Crippen LogP contribution in [-0.4, -0.2) is 61.7 Å². The molecule has 1 aliphatic heterocycles. The number of carbonyl (C=O) groups excluding carboxylic acids is 2. The first-order valence-electron chi connectivity index (χ1n) is 9.08. The summed E-state index contributed by atoms with van der Waals surface area (Å²) in [4.78, 5) is 32.7. The molecule has 154 valence electrons. The van der Waals surface area contributed by atoms with Gasteiger partial charge in [-0.25, -0.2) is 9.78 Å². The second-order valence-corrected chi connectivity index (χ2v) is 7.36. The summed E-state index contributed by atoms with van der Waals surface area (Å²) in [5.74, 6) is -0.380. The van der Waals surface area contributed by atoms with Gasteiger partial charge < -0.3 is 19.3 Å². The predicted molar refractivity (Wildman–Crippen MR) is 110 cm³/mol. The molecular formula is C20H21Cl2N3O4. The van der Waals surface area contributed by atoms with Gasteiger partial charge in [0.15, 0.2) is 6.61 Å². The summed E-state index contributed by atoms with van der Waals surface area (Å²) < 4.78 is 10.6. The molecule has 2 aromatic rings. The van der Waals surface area contributed by atoms with E-state index in [0.717, 1.165) is 5.56 Å². The van der Waals surface area contributed by atoms with Gasteiger partial charge in [-0.05, 0) is 29.8 Å². The van der Waals surface area contributed by atoms with Crippen molar-refractivity contribution in [1.29, 1.82) is 0 Å². The summed E-state index contributed by atoms with van der Waals surface area (Å²) >= 11 is 11.9. The minimum Gasteiger partial charge on any atom is -0.452 e. The van der Waals surface area contributed by atoms with E-state index in [0.29, 0.717) is 54.3 Å². The lowest BCUT2D eigenvalue weighted by atomic mass is 10.2. The second kappa shape index (κ2) is 9.91. The van der Waals surface area contributed by atoms with Crippen molar-refractivity contribution in [3.63, 3.8) is 0 Å². The smallest absolute Gasteiger partial charge is 0.342 e. The van der Waals surface area contributed by atoms with E-state index in [1.807, 2.05) is 4.90 Å². The quantitative estimate of drug-likeness (QED) is 0.646. The molecule has 1 fully saturated rings. The number of hydrogen-bond donors (Lipinski definition) is 0. The molecule has 1 saturated heterocycles. The molecule has 0 aliphatic carbocycles. The van der Waals surface area contributed by atoms with Crippen LogP contribution < -0.4 is 4.90 Å². The number of ether oxygens (including phenoxy) is 2. The Morgan fingerprint density at radius 1 is 1.21 bits per heavy atom. The van der Waals surface area contributed by atoms with Crippen LogP contribution in [-0.2, 0) is 20.8 Å². The molecule has 1 amide bonds. The van der Waals surface area contributed by atoms with Gasteiger partial charge in [-0.2, -0.15) is 0 Å². The number of morpholine rings is 1. The van der Waals surface area contributed by atoms with E-state index < -0.39 is 5.97 Å². The average molecular weight is 438 g/mol. The molecule has 2 heterocycles. The number of amides is 1. The Morgan fingerprint density at radius 2 is 1.97 bits per heavy atom. The molecule has 1 aromatic carbocycles. The van der Waals surface area contributed by atoms with Crippen LogP contribution in [0.4, 0.5) is 5.82 Å². The summed E-state index contributed by atoms with van der Waals surface area (Å²) in [7, 11) is 1.63. The van der Waals surface area contributed by atoms with Gasteiger partial charge >= 0.3 is 5.97 Å². The first-order chi connectivity index (χ1) is 14.0. The minimum absolute atomic E-state index is 0.319. The molecule has 0 radical (unpaired) electrons. The van der Waals surface area contributed by atoms with E-state index in [1.165, 1.54) is 4.90 Å². The number of carbonyl (C=O) groups is 2. The number of hydrogen-bond acceptors (Lipinski definition) is 6. The molecule has 0 spiro atoms. The Labute approximate surface area is 179 Å². The molecule has 7 nitrogen and oxygen atoms in total. The molecule has 29 heavy (non-hydrogen) atoms. The topological polar surface area (TPSA) is 72.0 Å². The third-order valence-electron chi connectivity index (χ3n) is 4.47. The molecule has 0 N–H and O–H groups in total. The summed E-state index contributed by atoms with van der Waals surface area (Å²) in [5, 5.41) is 0.870. The van der Waals surface area contributed by atoms with Gasteiger partial charge in [0.05, 0.1) is 23.3 Å². The second-order valence-electron chi connectivity index (χ2n) is 6.55. The number of pyridine rings is 1. The highest BCUT2D eigenvalue weighted by Gasteiger charge is 2.22. The lowest BCUT2D eigenvalue weighted by Crippen LogP contribution is -2.38. The van der Waals surface area contributed by atoms with Crippen LogP contribution in [0, 0.1) is 0 Å². The summed E-state index contributed by atoms with van der Waals surface area (Å²) in [6.45, 7) is 2.38. The molecule has 1 aliphatic rings. The number of aromatic nitrogens is 1. The van der Waals surface area contributed by atoms with Crippen molar-refractivity contribution < 1.29 is 19.1 Å². The maximum absolute atomic E-state index is 12.6. The highest BCUT2D eigenvalue weighted by atomic mass is 35.5. The number of rotatable bonds is 6. The van der Waals surface area contributed by atoms with Crippen molar-refractivity contribution in [1.82, 2.24) is 9.88 Å². The standard InChI is InChI=1S/C20H21Cl2N3O4/c1-24(12-14-4-5-16(21)17(22)11-14)18(26)13-29-20(27)15-3-2-6-23-19(15)25-7-9-28-10-8-25/h2-6,11H,7-10,12-13H2,1H3. The number of halogens is 2. The lowest BCUT2D eigenvalue weighted by Gasteiger charge is -2.28. The Morgan fingerprint density at radius 3 is 2.69 bits per heavy atom. The van der Waals surface area contributed by atoms with Crippen molar-refractivity contribution in [3.8, 4) is 0 Å². The van der Waals surface area contributed by atoms with Gasteiger partial charge in [0, 0.05) is 32.9 Å². The lowest BCUT2D eigenvalue weighted by molar-refractivity contribution is -0.133. The maximum atomic E-state index is 12.6. The van der Waals surface area contributed by atoms with Crippen LogP contribution in [0.2, 0.25) is 10.0 Å². The van der Waals surface area contributed by atoms with E-state index in [9.17, 15) is 9.59 Å². The molecule has 0 bridgehead atoms. The SMILES string of the molecule is CN(Cc1ccc(Cl)c(Cl)c1)C(=O)COC(=O)c1cccnc1N1CCOCC1. The molecule has 0 saturated carbocycles. The van der Waals surface area contributed by atoms with Crippen LogP contribution >= 0.6 is 23.2 Å². The normalized spacial score (nSPS) is 13.8. The number of benzene rings is 1. The largest absolute Gasteiger partial charge is 0.452 e. The van der Waals surface area contributed by atoms with Crippen molar-refractivity contribution in [2.75, 3.05) is 44.9 Å². The molecule has 9 heteroatoms. The van der Waals surface area contributed by atoms with Crippen LogP contribution in [0.15, 0.2) is 36.5 Å². The van der Waals surface area contributed by atoms with E-state index >= 15 is 0 Å². The molecule has 0 atom stereocenters. The summed E-state index contributed by atoms with van der Waals surface area (Å²) in [6, 6.07) is 8.47. The van der Waals surface area contributed by atoms with Crippen LogP contribution in [0.1, 0.15) is 15.9 Å². The first kappa shape index (κ1) is 21.4. The van der Waals surface area contributed by atoms with Gasteiger partial charge in [0.1, 0.15) is 11.4 Å². The molecule has 1 aromatic heterocycles. The zero-order chi connectivity index (χ0) is 20.8. The van der Waals surface area contributed by atoms with Crippen molar-refractivity contribution in [2.24, 2.45) is 0 Å². The van der Waals surface area contributed by atoms with Crippen molar-refractivity contribution in [2.45, 2.75) is 6.54 Å². The monoisotopic (exact) mass is 437 g/mol. The fourth-order valence-corrected chi connectivity index (χ4v) is 3.22. The van der Waals surface area contributed by atoms with Gasteiger partial charge in [0.25, 0.3) is 5.91 Å². The fraction of sp³-hybridized carbons (Fsp3) is 0.350. The predicted octanol–water partition coefficient (Wildman–Crippen LogP) is 3.04. The van der Waals surface area contributed by atoms with Gasteiger partial charge in [-0.1, -0.05) is 29.3 Å². The van der Waals surface area contributed by atoms with Gasteiger partial charge in [0.2, 0.25) is 0 Å². The minimum atomic E-state index is -0.587. The Kier molecular flexibility index (Phi) is 7.30. The van der Waals surface area contributed by atoms with Crippen LogP contribution in [0.5, 0.6) is 0 Å². The van der Waals surface area contributed by atoms with Crippen LogP contribution in [0.25, 0.3) is 0 Å². The molecular weight excluding hydrogens is 417 g/mol. The zero-order valence-corrected chi connectivity index (χ0v) is 17.4. The van der Waals surface area contributed by atoms with E-state index in [-0.39, 0.29) is 12.5 Å². The fourth-order valence-electron chi connectivity index (χ4n) is 2.90. The van der Waals surface area contributed by atoms with E-state index in [4.69, 9.17) is 32.7 Å². The Bertz CT molecular complexity index is 888. The third kappa shape index (κ3) is 5.59. The molecule has 3 rings (SSSR count). The van der Waals surface area contributed by atoms with Crippen molar-refractivity contribution >= 4 is 40.9 Å². The molecule has 0 unspecified atom stereocenters. The maximum Gasteiger partial charge on any atom is 0.342 e. The van der Waals surface area contributed by atoms with Crippen molar-refractivity contribution in [3.05, 3.63) is 57.7 Å². The van der Waals surface area contributed by atoms with E-state index in [2.05, 4.69) is 4.98 Å². The van der Waals surface area contributed by atoms with Gasteiger partial charge in [-0.15, -0.1) is 0 Å².